The first kappa shape index (κ1) is 11.1. The Morgan fingerprint density at radius 2 is 2.06 bits per heavy atom. The smallest absolute Gasteiger partial charge is 0.0733 e. The maximum absolute atomic E-state index is 5.94. The summed E-state index contributed by atoms with van der Waals surface area (Å²) in [6, 6.07) is 10.7. The standard InChI is InChI=1S/C14H18N2/c1-2-13(15)9-8-12-6-3-5-11-7-4-10-16-14(11)12/h3-7,10,13H,2,8-9,15H2,1H3. The van der Waals surface area contributed by atoms with Gasteiger partial charge in [-0.25, -0.2) is 0 Å². The van der Waals surface area contributed by atoms with Crippen LogP contribution in [0.3, 0.4) is 0 Å². The first-order valence-corrected chi connectivity index (χ1v) is 5.89. The van der Waals surface area contributed by atoms with Gasteiger partial charge < -0.3 is 5.73 Å². The van der Waals surface area contributed by atoms with Crippen LogP contribution in [0.15, 0.2) is 36.5 Å². The summed E-state index contributed by atoms with van der Waals surface area (Å²) in [6.45, 7) is 2.13. The SMILES string of the molecule is CCC(N)CCc1cccc2cccnc12. The second-order valence-electron chi connectivity index (χ2n) is 4.20. The zero-order valence-corrected chi connectivity index (χ0v) is 9.69. The minimum Gasteiger partial charge on any atom is -0.328 e. The van der Waals surface area contributed by atoms with Crippen LogP contribution in [0.4, 0.5) is 0 Å². The minimum absolute atomic E-state index is 0.305. The number of fused-ring (bicyclic) bond motifs is 1. The van der Waals surface area contributed by atoms with Crippen LogP contribution in [0.2, 0.25) is 0 Å². The van der Waals surface area contributed by atoms with Crippen LogP contribution in [-0.2, 0) is 6.42 Å². The number of hydrogen-bond acceptors (Lipinski definition) is 2. The summed E-state index contributed by atoms with van der Waals surface area (Å²) < 4.78 is 0. The summed E-state index contributed by atoms with van der Waals surface area (Å²) >= 11 is 0. The fraction of sp³-hybridized carbons (Fsp3) is 0.357. The second kappa shape index (κ2) is 5.08. The van der Waals surface area contributed by atoms with E-state index >= 15 is 0 Å². The van der Waals surface area contributed by atoms with E-state index in [4.69, 9.17) is 5.73 Å². The maximum atomic E-state index is 5.94. The molecule has 0 aliphatic rings. The van der Waals surface area contributed by atoms with Crippen molar-refractivity contribution < 1.29 is 0 Å². The highest BCUT2D eigenvalue weighted by molar-refractivity contribution is 5.81. The van der Waals surface area contributed by atoms with Crippen molar-refractivity contribution in [3.63, 3.8) is 0 Å². The lowest BCUT2D eigenvalue weighted by Crippen LogP contribution is -2.19. The van der Waals surface area contributed by atoms with Crippen molar-refractivity contribution in [3.8, 4) is 0 Å². The number of pyridine rings is 1. The molecule has 0 aliphatic carbocycles. The van der Waals surface area contributed by atoms with E-state index in [2.05, 4.69) is 36.2 Å². The van der Waals surface area contributed by atoms with Gasteiger partial charge in [0.25, 0.3) is 0 Å². The summed E-state index contributed by atoms with van der Waals surface area (Å²) in [5.74, 6) is 0. The molecule has 16 heavy (non-hydrogen) atoms. The molecule has 1 unspecified atom stereocenters. The quantitative estimate of drug-likeness (QED) is 0.850. The lowest BCUT2D eigenvalue weighted by atomic mass is 10.0. The van der Waals surface area contributed by atoms with E-state index in [-0.39, 0.29) is 0 Å². The Kier molecular flexibility index (Phi) is 3.52. The molecule has 2 nitrogen and oxygen atoms in total. The Balaban J connectivity index is 2.23. The molecule has 0 radical (unpaired) electrons. The van der Waals surface area contributed by atoms with Gasteiger partial charge in [-0.3, -0.25) is 4.98 Å². The van der Waals surface area contributed by atoms with Gasteiger partial charge in [0.1, 0.15) is 0 Å². The molecule has 0 saturated heterocycles. The van der Waals surface area contributed by atoms with Gasteiger partial charge in [-0.15, -0.1) is 0 Å². The zero-order chi connectivity index (χ0) is 11.4. The van der Waals surface area contributed by atoms with E-state index < -0.39 is 0 Å². The predicted octanol–water partition coefficient (Wildman–Crippen LogP) is 2.90. The van der Waals surface area contributed by atoms with E-state index in [0.717, 1.165) is 24.8 Å². The number of aromatic nitrogens is 1. The van der Waals surface area contributed by atoms with Crippen LogP contribution in [0, 0.1) is 0 Å². The Morgan fingerprint density at radius 1 is 1.25 bits per heavy atom. The fourth-order valence-corrected chi connectivity index (χ4v) is 1.91. The van der Waals surface area contributed by atoms with Crippen molar-refractivity contribution in [2.75, 3.05) is 0 Å². The summed E-state index contributed by atoms with van der Waals surface area (Å²) in [5, 5.41) is 1.21. The van der Waals surface area contributed by atoms with Crippen molar-refractivity contribution in [1.82, 2.24) is 4.98 Å². The van der Waals surface area contributed by atoms with Crippen LogP contribution >= 0.6 is 0 Å². The van der Waals surface area contributed by atoms with Gasteiger partial charge in [0.15, 0.2) is 0 Å². The van der Waals surface area contributed by atoms with Gasteiger partial charge in [-0.05, 0) is 30.9 Å². The van der Waals surface area contributed by atoms with E-state index in [1.54, 1.807) is 0 Å². The maximum Gasteiger partial charge on any atom is 0.0733 e. The summed E-state index contributed by atoms with van der Waals surface area (Å²) in [4.78, 5) is 4.44. The molecule has 1 atom stereocenters. The largest absolute Gasteiger partial charge is 0.328 e. The van der Waals surface area contributed by atoms with Crippen LogP contribution < -0.4 is 5.73 Å². The molecule has 1 aromatic carbocycles. The molecule has 2 N–H and O–H groups in total. The van der Waals surface area contributed by atoms with Gasteiger partial charge in [-0.2, -0.15) is 0 Å². The van der Waals surface area contributed by atoms with Crippen molar-refractivity contribution >= 4 is 10.9 Å². The van der Waals surface area contributed by atoms with Gasteiger partial charge >= 0.3 is 0 Å². The number of benzene rings is 1. The predicted molar refractivity (Wildman–Crippen MR) is 68.3 cm³/mol. The minimum atomic E-state index is 0.305. The fourth-order valence-electron chi connectivity index (χ4n) is 1.91. The first-order valence-electron chi connectivity index (χ1n) is 5.89. The average molecular weight is 214 g/mol. The molecule has 0 saturated carbocycles. The molecule has 84 valence electrons. The van der Waals surface area contributed by atoms with E-state index in [1.165, 1.54) is 10.9 Å². The summed E-state index contributed by atoms with van der Waals surface area (Å²) in [6.07, 6.45) is 4.94. The second-order valence-corrected chi connectivity index (χ2v) is 4.20. The monoisotopic (exact) mass is 214 g/mol. The first-order chi connectivity index (χ1) is 7.81. The number of nitrogens with zero attached hydrogens (tertiary/aromatic N) is 1. The molecule has 2 rings (SSSR count). The molecule has 0 bridgehead atoms. The molecule has 0 spiro atoms. The topological polar surface area (TPSA) is 38.9 Å². The Hall–Kier alpha value is -1.41. The Labute approximate surface area is 96.5 Å². The molecular formula is C14H18N2. The lowest BCUT2D eigenvalue weighted by Gasteiger charge is -2.09. The molecule has 1 aromatic heterocycles. The molecule has 0 aliphatic heterocycles. The number of nitrogens with two attached hydrogens (primary N) is 1. The molecule has 1 heterocycles. The number of rotatable bonds is 4. The highest BCUT2D eigenvalue weighted by atomic mass is 14.7. The van der Waals surface area contributed by atoms with Crippen molar-refractivity contribution in [3.05, 3.63) is 42.1 Å². The zero-order valence-electron chi connectivity index (χ0n) is 9.69. The molecule has 0 amide bonds. The van der Waals surface area contributed by atoms with Crippen LogP contribution in [-0.4, -0.2) is 11.0 Å². The van der Waals surface area contributed by atoms with Crippen LogP contribution in [0.25, 0.3) is 10.9 Å². The van der Waals surface area contributed by atoms with Gasteiger partial charge in [-0.1, -0.05) is 31.2 Å². The third-order valence-corrected chi connectivity index (χ3v) is 3.03. The third-order valence-electron chi connectivity index (χ3n) is 3.03. The van der Waals surface area contributed by atoms with E-state index in [1.807, 2.05) is 12.3 Å². The third kappa shape index (κ3) is 2.39. The number of hydrogen-bond donors (Lipinski definition) is 1. The van der Waals surface area contributed by atoms with Gasteiger partial charge in [0.2, 0.25) is 0 Å². The Bertz CT molecular complexity index is 460. The molecule has 2 heteroatoms. The highest BCUT2D eigenvalue weighted by Crippen LogP contribution is 2.17. The van der Waals surface area contributed by atoms with Crippen molar-refractivity contribution in [2.45, 2.75) is 32.2 Å². The van der Waals surface area contributed by atoms with Crippen LogP contribution in [0.5, 0.6) is 0 Å². The van der Waals surface area contributed by atoms with E-state index in [0.29, 0.717) is 6.04 Å². The van der Waals surface area contributed by atoms with E-state index in [9.17, 15) is 0 Å². The van der Waals surface area contributed by atoms with Crippen LogP contribution in [0.1, 0.15) is 25.3 Å². The summed E-state index contributed by atoms with van der Waals surface area (Å²) in [7, 11) is 0. The number of para-hydroxylation sites is 1. The average Bonchev–Trinajstić information content (AvgIpc) is 2.35. The lowest BCUT2D eigenvalue weighted by molar-refractivity contribution is 0.597. The molecule has 2 aromatic rings. The molecule has 0 fully saturated rings. The molecular weight excluding hydrogens is 196 g/mol. The number of aryl methyl sites for hydroxylation is 1. The highest BCUT2D eigenvalue weighted by Gasteiger charge is 2.04. The van der Waals surface area contributed by atoms with Gasteiger partial charge in [0, 0.05) is 17.6 Å². The van der Waals surface area contributed by atoms with Crippen molar-refractivity contribution in [2.24, 2.45) is 5.73 Å². The van der Waals surface area contributed by atoms with Crippen molar-refractivity contribution in [1.29, 1.82) is 0 Å². The Morgan fingerprint density at radius 3 is 2.88 bits per heavy atom. The normalized spacial score (nSPS) is 12.9. The van der Waals surface area contributed by atoms with Gasteiger partial charge in [0.05, 0.1) is 5.52 Å². The summed E-state index contributed by atoms with van der Waals surface area (Å²) in [5.41, 5.74) is 8.37.